The van der Waals surface area contributed by atoms with Crippen molar-refractivity contribution in [1.29, 1.82) is 0 Å². The molecule has 0 aliphatic carbocycles. The number of amides is 1. The predicted molar refractivity (Wildman–Crippen MR) is 121 cm³/mol. The fourth-order valence-corrected chi connectivity index (χ4v) is 3.65. The normalized spacial score (nSPS) is 10.6. The number of nitrogens with zero attached hydrogens (tertiary/aromatic N) is 2. The van der Waals surface area contributed by atoms with E-state index in [1.807, 2.05) is 72.1 Å². The second-order valence-corrected chi connectivity index (χ2v) is 7.83. The van der Waals surface area contributed by atoms with Crippen molar-refractivity contribution in [3.05, 3.63) is 106 Å². The van der Waals surface area contributed by atoms with Crippen LogP contribution in [0.5, 0.6) is 5.75 Å². The van der Waals surface area contributed by atoms with Gasteiger partial charge in [-0.15, -0.1) is 11.3 Å². The van der Waals surface area contributed by atoms with Crippen molar-refractivity contribution < 1.29 is 9.53 Å². The standard InChI is InChI=1S/C24H21N3O3S/c28-23(16-27-24(29)13-12-21(26-27)22-7-4-14-31-22)25-15-18-8-10-20(11-9-18)30-17-19-5-2-1-3-6-19/h1-14H,15-17H2,(H,25,28). The first-order chi connectivity index (χ1) is 15.2. The molecule has 4 aromatic rings. The maximum absolute atomic E-state index is 12.3. The van der Waals surface area contributed by atoms with Crippen LogP contribution in [0, 0.1) is 0 Å². The van der Waals surface area contributed by atoms with E-state index in [0.29, 0.717) is 18.8 Å². The van der Waals surface area contributed by atoms with Gasteiger partial charge in [0.05, 0.1) is 4.88 Å². The van der Waals surface area contributed by atoms with Crippen molar-refractivity contribution in [2.45, 2.75) is 19.7 Å². The molecule has 2 aromatic carbocycles. The molecule has 0 unspecified atom stereocenters. The van der Waals surface area contributed by atoms with Crippen LogP contribution in [-0.4, -0.2) is 15.7 Å². The highest BCUT2D eigenvalue weighted by molar-refractivity contribution is 7.13. The minimum absolute atomic E-state index is 0.129. The molecule has 4 rings (SSSR count). The molecule has 0 radical (unpaired) electrons. The summed E-state index contributed by atoms with van der Waals surface area (Å²) in [5.41, 5.74) is 2.41. The number of aromatic nitrogens is 2. The Bertz CT molecular complexity index is 1190. The van der Waals surface area contributed by atoms with Crippen LogP contribution in [0.15, 0.2) is 89.0 Å². The van der Waals surface area contributed by atoms with Crippen molar-refractivity contribution in [2.24, 2.45) is 0 Å². The summed E-state index contributed by atoms with van der Waals surface area (Å²) in [5.74, 6) is 0.488. The van der Waals surface area contributed by atoms with Crippen LogP contribution in [0.3, 0.4) is 0 Å². The zero-order valence-corrected chi connectivity index (χ0v) is 17.5. The van der Waals surface area contributed by atoms with E-state index < -0.39 is 0 Å². The largest absolute Gasteiger partial charge is 0.489 e. The molecule has 31 heavy (non-hydrogen) atoms. The molecule has 2 heterocycles. The Labute approximate surface area is 183 Å². The molecule has 0 spiro atoms. The first kappa shape index (κ1) is 20.6. The number of thiophene rings is 1. The van der Waals surface area contributed by atoms with E-state index >= 15 is 0 Å². The van der Waals surface area contributed by atoms with Crippen molar-refractivity contribution in [3.8, 4) is 16.3 Å². The second-order valence-electron chi connectivity index (χ2n) is 6.89. The third kappa shape index (κ3) is 5.67. The van der Waals surface area contributed by atoms with E-state index in [1.54, 1.807) is 6.07 Å². The first-order valence-electron chi connectivity index (χ1n) is 9.82. The van der Waals surface area contributed by atoms with Gasteiger partial charge in [-0.25, -0.2) is 4.68 Å². The molecule has 156 valence electrons. The van der Waals surface area contributed by atoms with Crippen LogP contribution in [0.1, 0.15) is 11.1 Å². The average molecular weight is 432 g/mol. The number of hydrogen-bond acceptors (Lipinski definition) is 5. The third-order valence-electron chi connectivity index (χ3n) is 4.59. The molecule has 0 bridgehead atoms. The SMILES string of the molecule is O=C(Cn1nc(-c2cccs2)ccc1=O)NCc1ccc(OCc2ccccc2)cc1. The molecule has 0 aliphatic heterocycles. The number of hydrogen-bond donors (Lipinski definition) is 1. The average Bonchev–Trinajstić information content (AvgIpc) is 3.34. The van der Waals surface area contributed by atoms with Gasteiger partial charge < -0.3 is 10.1 Å². The van der Waals surface area contributed by atoms with Crippen molar-refractivity contribution in [2.75, 3.05) is 0 Å². The number of carbonyl (C=O) groups is 1. The summed E-state index contributed by atoms with van der Waals surface area (Å²) in [6.07, 6.45) is 0. The van der Waals surface area contributed by atoms with Crippen LogP contribution >= 0.6 is 11.3 Å². The number of benzene rings is 2. The molecule has 1 amide bonds. The van der Waals surface area contributed by atoms with E-state index in [-0.39, 0.29) is 18.0 Å². The van der Waals surface area contributed by atoms with Crippen molar-refractivity contribution in [1.82, 2.24) is 15.1 Å². The summed E-state index contributed by atoms with van der Waals surface area (Å²) in [4.78, 5) is 25.3. The molecular formula is C24H21N3O3S. The fourth-order valence-electron chi connectivity index (χ4n) is 2.95. The van der Waals surface area contributed by atoms with Gasteiger partial charge in [0.2, 0.25) is 5.91 Å². The zero-order chi connectivity index (χ0) is 21.5. The Morgan fingerprint density at radius 3 is 2.48 bits per heavy atom. The lowest BCUT2D eigenvalue weighted by atomic mass is 10.2. The summed E-state index contributed by atoms with van der Waals surface area (Å²) >= 11 is 1.53. The molecule has 0 aliphatic rings. The highest BCUT2D eigenvalue weighted by atomic mass is 32.1. The second kappa shape index (κ2) is 9.86. The lowest BCUT2D eigenvalue weighted by molar-refractivity contribution is -0.122. The Balaban J connectivity index is 1.30. The fraction of sp³-hybridized carbons (Fsp3) is 0.125. The quantitative estimate of drug-likeness (QED) is 0.460. The molecule has 0 saturated heterocycles. The third-order valence-corrected chi connectivity index (χ3v) is 5.49. The van der Waals surface area contributed by atoms with Gasteiger partial charge in [0, 0.05) is 12.6 Å². The van der Waals surface area contributed by atoms with Gasteiger partial charge in [0.25, 0.3) is 5.56 Å². The Morgan fingerprint density at radius 2 is 1.74 bits per heavy atom. The number of rotatable bonds is 8. The van der Waals surface area contributed by atoms with Crippen LogP contribution in [0.25, 0.3) is 10.6 Å². The minimum atomic E-state index is -0.310. The maximum Gasteiger partial charge on any atom is 0.267 e. The topological polar surface area (TPSA) is 73.2 Å². The maximum atomic E-state index is 12.3. The molecule has 0 saturated carbocycles. The highest BCUT2D eigenvalue weighted by Crippen LogP contribution is 2.21. The Kier molecular flexibility index (Phi) is 6.54. The molecule has 7 heteroatoms. The summed E-state index contributed by atoms with van der Waals surface area (Å²) in [7, 11) is 0. The molecule has 0 fully saturated rings. The number of carbonyl (C=O) groups excluding carboxylic acids is 1. The Morgan fingerprint density at radius 1 is 0.935 bits per heavy atom. The molecule has 6 nitrogen and oxygen atoms in total. The van der Waals surface area contributed by atoms with E-state index in [0.717, 1.165) is 21.8 Å². The minimum Gasteiger partial charge on any atom is -0.489 e. The predicted octanol–water partition coefficient (Wildman–Crippen LogP) is 3.87. The van der Waals surface area contributed by atoms with Crippen molar-refractivity contribution >= 4 is 17.2 Å². The summed E-state index contributed by atoms with van der Waals surface area (Å²) in [6, 6.07) is 24.5. The Hall–Kier alpha value is -3.71. The smallest absolute Gasteiger partial charge is 0.267 e. The molecule has 0 atom stereocenters. The van der Waals surface area contributed by atoms with Gasteiger partial charge in [-0.3, -0.25) is 9.59 Å². The van der Waals surface area contributed by atoms with Gasteiger partial charge >= 0.3 is 0 Å². The van der Waals surface area contributed by atoms with Crippen molar-refractivity contribution in [3.63, 3.8) is 0 Å². The van der Waals surface area contributed by atoms with E-state index in [4.69, 9.17) is 4.74 Å². The molecule has 2 aromatic heterocycles. The van der Waals surface area contributed by atoms with Gasteiger partial charge in [0.15, 0.2) is 0 Å². The van der Waals surface area contributed by atoms with E-state index in [2.05, 4.69) is 10.4 Å². The monoisotopic (exact) mass is 431 g/mol. The number of nitrogens with one attached hydrogen (secondary N) is 1. The van der Waals surface area contributed by atoms with Gasteiger partial charge in [0.1, 0.15) is 24.6 Å². The van der Waals surface area contributed by atoms with Crippen LogP contribution in [0.4, 0.5) is 0 Å². The summed E-state index contributed by atoms with van der Waals surface area (Å²) in [5, 5.41) is 9.07. The summed E-state index contributed by atoms with van der Waals surface area (Å²) < 4.78 is 6.96. The lowest BCUT2D eigenvalue weighted by Gasteiger charge is -2.09. The van der Waals surface area contributed by atoms with E-state index in [1.165, 1.54) is 22.1 Å². The van der Waals surface area contributed by atoms with Gasteiger partial charge in [-0.1, -0.05) is 48.5 Å². The zero-order valence-electron chi connectivity index (χ0n) is 16.7. The summed E-state index contributed by atoms with van der Waals surface area (Å²) in [6.45, 7) is 0.733. The number of ether oxygens (including phenoxy) is 1. The lowest BCUT2D eigenvalue weighted by Crippen LogP contribution is -2.33. The molecular weight excluding hydrogens is 410 g/mol. The van der Waals surface area contributed by atoms with Gasteiger partial charge in [-0.2, -0.15) is 5.10 Å². The van der Waals surface area contributed by atoms with Crippen LogP contribution < -0.4 is 15.6 Å². The van der Waals surface area contributed by atoms with E-state index in [9.17, 15) is 9.59 Å². The van der Waals surface area contributed by atoms with Gasteiger partial charge in [-0.05, 0) is 40.8 Å². The first-order valence-corrected chi connectivity index (χ1v) is 10.7. The van der Waals surface area contributed by atoms with Crippen LogP contribution in [0.2, 0.25) is 0 Å². The van der Waals surface area contributed by atoms with Crippen LogP contribution in [-0.2, 0) is 24.5 Å². The highest BCUT2D eigenvalue weighted by Gasteiger charge is 2.08. The molecule has 1 N–H and O–H groups in total.